The van der Waals surface area contributed by atoms with Crippen molar-refractivity contribution < 1.29 is 32.5 Å². The van der Waals surface area contributed by atoms with Crippen LogP contribution in [-0.2, 0) is 42.2 Å². The van der Waals surface area contributed by atoms with Crippen molar-refractivity contribution in [2.75, 3.05) is 13.1 Å². The Kier molecular flexibility index (Phi) is 11.4. The van der Waals surface area contributed by atoms with Crippen LogP contribution in [0.25, 0.3) is 11.1 Å². The largest absolute Gasteiger partial charge is 0.459 e. The number of ether oxygens (including phenoxy) is 3. The van der Waals surface area contributed by atoms with E-state index in [2.05, 4.69) is 22.6 Å². The lowest BCUT2D eigenvalue weighted by atomic mass is 9.89. The third-order valence-electron chi connectivity index (χ3n) is 9.52. The third-order valence-corrected chi connectivity index (χ3v) is 10.9. The number of benzene rings is 4. The average Bonchev–Trinajstić information content (AvgIpc) is 3.60. The second-order valence-electron chi connectivity index (χ2n) is 14.5. The monoisotopic (exact) mass is 712 g/mol. The van der Waals surface area contributed by atoms with Crippen molar-refractivity contribution >= 4 is 16.0 Å². The Bertz CT molecular complexity index is 1890. The number of aliphatic hydroxyl groups excluding tert-OH is 1. The Labute approximate surface area is 301 Å². The maximum absolute atomic E-state index is 13.2. The first kappa shape index (κ1) is 36.9. The summed E-state index contributed by atoms with van der Waals surface area (Å²) in [6.07, 6.45) is 0.424. The molecule has 0 aromatic heterocycles. The molecule has 10 heteroatoms. The maximum Gasteiger partial charge on any atom is 0.323 e. The topological polar surface area (TPSA) is 114 Å². The quantitative estimate of drug-likeness (QED) is 0.161. The van der Waals surface area contributed by atoms with Gasteiger partial charge in [0.05, 0.1) is 23.7 Å². The summed E-state index contributed by atoms with van der Waals surface area (Å²) in [5.74, 6) is -0.240. The van der Waals surface area contributed by atoms with Crippen LogP contribution in [0, 0.1) is 5.92 Å². The van der Waals surface area contributed by atoms with Gasteiger partial charge in [-0.05, 0) is 92.2 Å². The highest BCUT2D eigenvalue weighted by molar-refractivity contribution is 7.89. The normalized spacial score (nSPS) is 22.9. The van der Waals surface area contributed by atoms with Crippen molar-refractivity contribution in [2.45, 2.75) is 88.7 Å². The molecule has 4 aromatic rings. The lowest BCUT2D eigenvalue weighted by Crippen LogP contribution is -2.48. The van der Waals surface area contributed by atoms with E-state index < -0.39 is 21.9 Å². The van der Waals surface area contributed by atoms with Crippen LogP contribution in [-0.4, -0.2) is 55.2 Å². The Hall–Kier alpha value is -3.90. The number of sulfonamides is 1. The Morgan fingerprint density at radius 2 is 1.59 bits per heavy atom. The summed E-state index contributed by atoms with van der Waals surface area (Å²) in [6, 6.07) is 31.7. The SMILES string of the molecule is CC1C(CN2CCCC2C(=O)OC(C)(C)C)OC(c2cccc(-c3cccc(CNS(=O)(=O)c4ccccc4)c3)c2)OC1c1ccc(CO)cc1. The summed E-state index contributed by atoms with van der Waals surface area (Å²) in [5.41, 5.74) is 4.80. The summed E-state index contributed by atoms with van der Waals surface area (Å²) in [5, 5.41) is 9.65. The average molecular weight is 713 g/mol. The van der Waals surface area contributed by atoms with Gasteiger partial charge in [-0.15, -0.1) is 0 Å². The molecule has 5 unspecified atom stereocenters. The second-order valence-corrected chi connectivity index (χ2v) is 16.2. The van der Waals surface area contributed by atoms with Gasteiger partial charge in [-0.3, -0.25) is 9.69 Å². The number of nitrogens with zero attached hydrogens (tertiary/aromatic N) is 1. The number of carbonyl (C=O) groups excluding carboxylic acids is 1. The number of esters is 1. The van der Waals surface area contributed by atoms with Gasteiger partial charge in [0.25, 0.3) is 0 Å². The first-order chi connectivity index (χ1) is 24.4. The highest BCUT2D eigenvalue weighted by Gasteiger charge is 2.42. The van der Waals surface area contributed by atoms with Gasteiger partial charge in [0.1, 0.15) is 11.6 Å². The molecule has 0 bridgehead atoms. The first-order valence-electron chi connectivity index (χ1n) is 17.6. The fourth-order valence-electron chi connectivity index (χ4n) is 6.83. The number of carbonyl (C=O) groups is 1. The molecule has 2 heterocycles. The van der Waals surface area contributed by atoms with E-state index in [1.165, 1.54) is 0 Å². The molecule has 0 spiro atoms. The minimum absolute atomic E-state index is 0.0381. The zero-order valence-electron chi connectivity index (χ0n) is 29.7. The van der Waals surface area contributed by atoms with Crippen LogP contribution in [0.15, 0.2) is 108 Å². The maximum atomic E-state index is 13.2. The fourth-order valence-corrected chi connectivity index (χ4v) is 7.87. The van der Waals surface area contributed by atoms with Gasteiger partial charge in [-0.2, -0.15) is 0 Å². The second kappa shape index (κ2) is 15.8. The molecule has 0 amide bonds. The van der Waals surface area contributed by atoms with E-state index in [9.17, 15) is 18.3 Å². The minimum Gasteiger partial charge on any atom is -0.459 e. The molecule has 5 atom stereocenters. The molecule has 9 nitrogen and oxygen atoms in total. The summed E-state index contributed by atoms with van der Waals surface area (Å²) >= 11 is 0. The molecule has 0 aliphatic carbocycles. The molecule has 4 aromatic carbocycles. The highest BCUT2D eigenvalue weighted by atomic mass is 32.2. The molecular weight excluding hydrogens is 665 g/mol. The molecule has 0 radical (unpaired) electrons. The van der Waals surface area contributed by atoms with Crippen LogP contribution in [0.2, 0.25) is 0 Å². The van der Waals surface area contributed by atoms with E-state index in [0.717, 1.165) is 52.8 Å². The van der Waals surface area contributed by atoms with Crippen molar-refractivity contribution in [1.29, 1.82) is 0 Å². The molecule has 2 fully saturated rings. The number of nitrogens with one attached hydrogen (secondary N) is 1. The lowest BCUT2D eigenvalue weighted by molar-refractivity contribution is -0.276. The van der Waals surface area contributed by atoms with E-state index in [0.29, 0.717) is 6.54 Å². The van der Waals surface area contributed by atoms with Crippen LogP contribution in [0.4, 0.5) is 0 Å². The molecular formula is C41H48N2O7S. The van der Waals surface area contributed by atoms with Gasteiger partial charge in [0, 0.05) is 24.6 Å². The van der Waals surface area contributed by atoms with Crippen LogP contribution in [0.1, 0.15) is 75.2 Å². The predicted octanol–water partition coefficient (Wildman–Crippen LogP) is 6.92. The summed E-state index contributed by atoms with van der Waals surface area (Å²) in [6.45, 7) is 9.24. The molecule has 2 aliphatic rings. The molecule has 6 rings (SSSR count). The zero-order chi connectivity index (χ0) is 36.2. The highest BCUT2D eigenvalue weighted by Crippen LogP contribution is 2.43. The van der Waals surface area contributed by atoms with Gasteiger partial charge < -0.3 is 19.3 Å². The molecule has 270 valence electrons. The van der Waals surface area contributed by atoms with Gasteiger partial charge in [-0.25, -0.2) is 13.1 Å². The molecule has 2 N–H and O–H groups in total. The van der Waals surface area contributed by atoms with E-state index in [-0.39, 0.29) is 48.2 Å². The molecule has 51 heavy (non-hydrogen) atoms. The van der Waals surface area contributed by atoms with Crippen LogP contribution in [0.3, 0.4) is 0 Å². The molecule has 0 saturated carbocycles. The predicted molar refractivity (Wildman–Crippen MR) is 196 cm³/mol. The summed E-state index contributed by atoms with van der Waals surface area (Å²) in [4.78, 5) is 15.6. The summed E-state index contributed by atoms with van der Waals surface area (Å²) in [7, 11) is -3.65. The van der Waals surface area contributed by atoms with Gasteiger partial charge >= 0.3 is 5.97 Å². The van der Waals surface area contributed by atoms with Crippen LogP contribution >= 0.6 is 0 Å². The Balaban J connectivity index is 1.24. The lowest BCUT2D eigenvalue weighted by Gasteiger charge is -2.43. The van der Waals surface area contributed by atoms with Crippen molar-refractivity contribution in [3.63, 3.8) is 0 Å². The first-order valence-corrected chi connectivity index (χ1v) is 19.1. The van der Waals surface area contributed by atoms with E-state index >= 15 is 0 Å². The van der Waals surface area contributed by atoms with Crippen molar-refractivity contribution in [1.82, 2.24) is 9.62 Å². The Morgan fingerprint density at radius 3 is 2.29 bits per heavy atom. The minimum atomic E-state index is -3.65. The van der Waals surface area contributed by atoms with Crippen LogP contribution < -0.4 is 4.72 Å². The number of likely N-dealkylation sites (tertiary alicyclic amines) is 1. The van der Waals surface area contributed by atoms with Gasteiger partial charge in [0.15, 0.2) is 6.29 Å². The molecule has 2 saturated heterocycles. The summed E-state index contributed by atoms with van der Waals surface area (Å²) < 4.78 is 47.7. The molecule has 2 aliphatic heterocycles. The standard InChI is InChI=1S/C41H48N2O7S/c1-28-37(26-43-22-10-17-36(43)39(45)50-41(2,3)4)48-40(49-38(28)31-20-18-29(27-44)19-21-31)34-14-9-13-33(24-34)32-12-8-11-30(23-32)25-42-51(46,47)35-15-6-5-7-16-35/h5-9,11-16,18-21,23-24,28,36-38,40,42,44H,10,17,22,25-27H2,1-4H3. The van der Waals surface area contributed by atoms with E-state index in [1.54, 1.807) is 30.3 Å². The van der Waals surface area contributed by atoms with Gasteiger partial charge in [0.2, 0.25) is 10.0 Å². The smallest absolute Gasteiger partial charge is 0.323 e. The number of rotatable bonds is 11. The van der Waals surface area contributed by atoms with E-state index in [1.807, 2.05) is 87.5 Å². The van der Waals surface area contributed by atoms with Crippen LogP contribution in [0.5, 0.6) is 0 Å². The number of hydrogen-bond donors (Lipinski definition) is 2. The van der Waals surface area contributed by atoms with Crippen molar-refractivity contribution in [3.05, 3.63) is 125 Å². The third kappa shape index (κ3) is 9.13. The zero-order valence-corrected chi connectivity index (χ0v) is 30.5. The van der Waals surface area contributed by atoms with Gasteiger partial charge in [-0.1, -0.05) is 85.8 Å². The van der Waals surface area contributed by atoms with Crippen molar-refractivity contribution in [2.24, 2.45) is 5.92 Å². The Morgan fingerprint density at radius 1 is 0.882 bits per heavy atom. The fraction of sp³-hybridized carbons (Fsp3) is 0.390. The van der Waals surface area contributed by atoms with E-state index in [4.69, 9.17) is 14.2 Å². The van der Waals surface area contributed by atoms with Crippen molar-refractivity contribution in [3.8, 4) is 11.1 Å². The number of hydrogen-bond acceptors (Lipinski definition) is 8. The number of aliphatic hydroxyl groups is 1.